The number of nitrogens with zero attached hydrogens (tertiary/aromatic N) is 3. The summed E-state index contributed by atoms with van der Waals surface area (Å²) in [4.78, 5) is 16.8. The van der Waals surface area contributed by atoms with Gasteiger partial charge in [-0.2, -0.15) is 16.4 Å². The molecule has 0 unspecified atom stereocenters. The Morgan fingerprint density at radius 2 is 2.23 bits per heavy atom. The molecule has 26 heavy (non-hydrogen) atoms. The molecule has 0 aliphatic rings. The number of aromatic amines is 1. The summed E-state index contributed by atoms with van der Waals surface area (Å²) in [6.45, 7) is 2.59. The molecule has 7 heteroatoms. The fraction of sp³-hybridized carbons (Fsp3) is 0.211. The Balaban J connectivity index is 1.41. The van der Waals surface area contributed by atoms with Crippen molar-refractivity contribution in [2.45, 2.75) is 25.9 Å². The summed E-state index contributed by atoms with van der Waals surface area (Å²) >= 11 is 1.67. The number of thiophene rings is 1. The molecule has 4 aromatic rings. The number of hydrogen-bond acceptors (Lipinski definition) is 4. The van der Waals surface area contributed by atoms with Crippen molar-refractivity contribution in [1.82, 2.24) is 25.1 Å². The molecule has 132 valence electrons. The van der Waals surface area contributed by atoms with Crippen molar-refractivity contribution in [1.29, 1.82) is 0 Å². The lowest BCUT2D eigenvalue weighted by Gasteiger charge is -2.11. The lowest BCUT2D eigenvalue weighted by atomic mass is 10.1. The molecule has 1 amide bonds. The quantitative estimate of drug-likeness (QED) is 0.551. The predicted octanol–water partition coefficient (Wildman–Crippen LogP) is 3.23. The van der Waals surface area contributed by atoms with E-state index in [0.29, 0.717) is 12.2 Å². The van der Waals surface area contributed by atoms with E-state index in [0.717, 1.165) is 23.1 Å². The van der Waals surface area contributed by atoms with Crippen molar-refractivity contribution in [3.63, 3.8) is 0 Å². The van der Waals surface area contributed by atoms with Gasteiger partial charge in [0.2, 0.25) is 0 Å². The maximum Gasteiger partial charge on any atom is 0.271 e. The van der Waals surface area contributed by atoms with Crippen LogP contribution in [0.4, 0.5) is 0 Å². The molecule has 1 aromatic carbocycles. The first-order valence-corrected chi connectivity index (χ1v) is 9.39. The number of para-hydroxylation sites is 2. The summed E-state index contributed by atoms with van der Waals surface area (Å²) in [5.41, 5.74) is 4.51. The van der Waals surface area contributed by atoms with Crippen molar-refractivity contribution in [3.05, 3.63) is 70.4 Å². The molecule has 0 aliphatic heterocycles. The Morgan fingerprint density at radius 1 is 1.35 bits per heavy atom. The third-order valence-corrected chi connectivity index (χ3v) is 4.96. The number of nitrogens with one attached hydrogen (secondary N) is 2. The largest absolute Gasteiger partial charge is 0.348 e. The minimum atomic E-state index is -0.161. The van der Waals surface area contributed by atoms with Crippen LogP contribution in [0.15, 0.2) is 53.5 Å². The molecule has 2 N–H and O–H groups in total. The highest BCUT2D eigenvalue weighted by Crippen LogP contribution is 2.14. The highest BCUT2D eigenvalue weighted by atomic mass is 32.1. The Labute approximate surface area is 154 Å². The van der Waals surface area contributed by atoms with Crippen LogP contribution in [0.2, 0.25) is 0 Å². The average Bonchev–Trinajstić information content (AvgIpc) is 3.37. The van der Waals surface area contributed by atoms with Gasteiger partial charge in [0.15, 0.2) is 0 Å². The second kappa shape index (κ2) is 7.13. The van der Waals surface area contributed by atoms with E-state index in [-0.39, 0.29) is 11.9 Å². The number of rotatable bonds is 6. The van der Waals surface area contributed by atoms with Gasteiger partial charge in [-0.1, -0.05) is 12.1 Å². The summed E-state index contributed by atoms with van der Waals surface area (Å²) in [5, 5.41) is 14.3. The Bertz CT molecular complexity index is 1020. The first-order valence-electron chi connectivity index (χ1n) is 8.45. The maximum absolute atomic E-state index is 12.4. The zero-order chi connectivity index (χ0) is 17.9. The van der Waals surface area contributed by atoms with Crippen LogP contribution < -0.4 is 5.32 Å². The number of H-pyrrole nitrogens is 1. The Kier molecular flexibility index (Phi) is 4.53. The van der Waals surface area contributed by atoms with E-state index in [1.54, 1.807) is 23.7 Å². The van der Waals surface area contributed by atoms with Crippen LogP contribution in [-0.4, -0.2) is 31.7 Å². The number of carbonyl (C=O) groups excluding carboxylic acids is 1. The summed E-state index contributed by atoms with van der Waals surface area (Å²) < 4.78 is 2.03. The van der Waals surface area contributed by atoms with Gasteiger partial charge in [-0.3, -0.25) is 9.89 Å². The van der Waals surface area contributed by atoms with Crippen LogP contribution in [0, 0.1) is 0 Å². The van der Waals surface area contributed by atoms with Crippen LogP contribution in [0.1, 0.15) is 28.7 Å². The third kappa shape index (κ3) is 3.52. The monoisotopic (exact) mass is 365 g/mol. The second-order valence-electron chi connectivity index (χ2n) is 6.35. The molecular weight excluding hydrogens is 346 g/mol. The van der Waals surface area contributed by atoms with Crippen molar-refractivity contribution >= 4 is 28.3 Å². The van der Waals surface area contributed by atoms with Gasteiger partial charge in [0.1, 0.15) is 5.69 Å². The highest BCUT2D eigenvalue weighted by molar-refractivity contribution is 7.07. The first kappa shape index (κ1) is 16.5. The van der Waals surface area contributed by atoms with Crippen molar-refractivity contribution in [2.75, 3.05) is 0 Å². The van der Waals surface area contributed by atoms with Crippen molar-refractivity contribution < 1.29 is 4.79 Å². The van der Waals surface area contributed by atoms with Crippen molar-refractivity contribution in [3.8, 4) is 0 Å². The Morgan fingerprint density at radius 3 is 3.08 bits per heavy atom. The average molecular weight is 365 g/mol. The van der Waals surface area contributed by atoms with Crippen LogP contribution in [0.25, 0.3) is 11.0 Å². The van der Waals surface area contributed by atoms with E-state index in [9.17, 15) is 4.79 Å². The summed E-state index contributed by atoms with van der Waals surface area (Å²) in [7, 11) is 0. The number of carbonyl (C=O) groups is 1. The van der Waals surface area contributed by atoms with Crippen LogP contribution in [0.3, 0.4) is 0 Å². The van der Waals surface area contributed by atoms with E-state index in [4.69, 9.17) is 0 Å². The van der Waals surface area contributed by atoms with E-state index in [2.05, 4.69) is 31.9 Å². The molecule has 0 saturated heterocycles. The van der Waals surface area contributed by atoms with E-state index >= 15 is 0 Å². The van der Waals surface area contributed by atoms with Gasteiger partial charge in [0.05, 0.1) is 29.6 Å². The van der Waals surface area contributed by atoms with Crippen LogP contribution in [0.5, 0.6) is 0 Å². The molecule has 3 aromatic heterocycles. The summed E-state index contributed by atoms with van der Waals surface area (Å²) in [6, 6.07) is 11.9. The van der Waals surface area contributed by atoms with Gasteiger partial charge in [-0.05, 0) is 53.9 Å². The van der Waals surface area contributed by atoms with Gasteiger partial charge in [-0.25, -0.2) is 4.98 Å². The lowest BCUT2D eigenvalue weighted by Crippen LogP contribution is -2.34. The smallest absolute Gasteiger partial charge is 0.271 e. The molecule has 0 saturated carbocycles. The predicted molar refractivity (Wildman–Crippen MR) is 102 cm³/mol. The van der Waals surface area contributed by atoms with Gasteiger partial charge < -0.3 is 9.88 Å². The number of benzene rings is 1. The molecular formula is C19H19N5OS. The standard InChI is InChI=1S/C19H19N5OS/c1-13(8-14-6-7-26-11-14)21-19(25)17-9-15(22-23-17)10-24-12-20-16-4-2-3-5-18(16)24/h2-7,9,11-13H,8,10H2,1H3,(H,21,25)(H,22,23)/t13-/m1/s1. The molecule has 0 aliphatic carbocycles. The molecule has 0 fully saturated rings. The molecule has 6 nitrogen and oxygen atoms in total. The zero-order valence-corrected chi connectivity index (χ0v) is 15.2. The van der Waals surface area contributed by atoms with Gasteiger partial charge in [0, 0.05) is 6.04 Å². The van der Waals surface area contributed by atoms with Crippen LogP contribution in [-0.2, 0) is 13.0 Å². The topological polar surface area (TPSA) is 75.6 Å². The first-order chi connectivity index (χ1) is 12.7. The second-order valence-corrected chi connectivity index (χ2v) is 7.13. The molecule has 0 spiro atoms. The van der Waals surface area contributed by atoms with Crippen LogP contribution >= 0.6 is 11.3 Å². The number of hydrogen-bond donors (Lipinski definition) is 2. The number of amides is 1. The number of fused-ring (bicyclic) bond motifs is 1. The van der Waals surface area contributed by atoms with Crippen molar-refractivity contribution in [2.24, 2.45) is 0 Å². The van der Waals surface area contributed by atoms with Gasteiger partial charge in [0.25, 0.3) is 5.91 Å². The minimum Gasteiger partial charge on any atom is -0.348 e. The van der Waals surface area contributed by atoms with Gasteiger partial charge in [-0.15, -0.1) is 0 Å². The number of imidazole rings is 1. The molecule has 3 heterocycles. The lowest BCUT2D eigenvalue weighted by molar-refractivity contribution is 0.0935. The molecule has 4 rings (SSSR count). The minimum absolute atomic E-state index is 0.0508. The molecule has 0 radical (unpaired) electrons. The molecule has 0 bridgehead atoms. The number of aromatic nitrogens is 4. The SMILES string of the molecule is C[C@H](Cc1ccsc1)NC(=O)c1cc(Cn2cnc3ccccc32)[nH]n1. The van der Waals surface area contributed by atoms with E-state index in [1.807, 2.05) is 41.1 Å². The summed E-state index contributed by atoms with van der Waals surface area (Å²) in [5.74, 6) is -0.161. The summed E-state index contributed by atoms with van der Waals surface area (Å²) in [6.07, 6.45) is 2.61. The Hall–Kier alpha value is -2.93. The highest BCUT2D eigenvalue weighted by Gasteiger charge is 2.14. The zero-order valence-electron chi connectivity index (χ0n) is 14.3. The molecule has 1 atom stereocenters. The fourth-order valence-electron chi connectivity index (χ4n) is 2.99. The van der Waals surface area contributed by atoms with E-state index in [1.165, 1.54) is 5.56 Å². The maximum atomic E-state index is 12.4. The third-order valence-electron chi connectivity index (χ3n) is 4.23. The van der Waals surface area contributed by atoms with Gasteiger partial charge >= 0.3 is 0 Å². The normalized spacial score (nSPS) is 12.3. The fourth-order valence-corrected chi connectivity index (χ4v) is 3.67. The van der Waals surface area contributed by atoms with E-state index < -0.39 is 0 Å².